The van der Waals surface area contributed by atoms with E-state index in [1.807, 2.05) is 32.0 Å². The summed E-state index contributed by atoms with van der Waals surface area (Å²) in [5.41, 5.74) is 3.27. The molecule has 0 radical (unpaired) electrons. The summed E-state index contributed by atoms with van der Waals surface area (Å²) in [6.07, 6.45) is -4.13. The van der Waals surface area contributed by atoms with E-state index in [0.717, 1.165) is 55.0 Å². The molecule has 0 saturated carbocycles. The van der Waals surface area contributed by atoms with Gasteiger partial charge in [-0.3, -0.25) is 0 Å². The molecule has 6 nitrogen and oxygen atoms in total. The van der Waals surface area contributed by atoms with Crippen LogP contribution in [0.2, 0.25) is 0 Å². The van der Waals surface area contributed by atoms with Crippen molar-refractivity contribution >= 4 is 17.0 Å². The van der Waals surface area contributed by atoms with Crippen molar-refractivity contribution in [2.75, 3.05) is 13.1 Å². The van der Waals surface area contributed by atoms with Crippen molar-refractivity contribution in [3.05, 3.63) is 47.8 Å². The normalized spacial score (nSPS) is 21.4. The number of hydrogen-bond donors (Lipinski definition) is 1. The summed E-state index contributed by atoms with van der Waals surface area (Å²) in [6.45, 7) is 10.2. The lowest BCUT2D eigenvalue weighted by atomic mass is 9.88. The van der Waals surface area contributed by atoms with Crippen LogP contribution in [0.3, 0.4) is 0 Å². The first-order chi connectivity index (χ1) is 16.5. The number of hydrogen-bond acceptors (Lipinski definition) is 5. The Morgan fingerprint density at radius 1 is 1.34 bits per heavy atom. The van der Waals surface area contributed by atoms with Crippen molar-refractivity contribution in [3.8, 4) is 5.75 Å². The van der Waals surface area contributed by atoms with Gasteiger partial charge in [-0.05, 0) is 39.2 Å². The molecule has 9 heteroatoms. The minimum atomic E-state index is -4.61. The van der Waals surface area contributed by atoms with Gasteiger partial charge in [0, 0.05) is 29.6 Å². The topological polar surface area (TPSA) is 63.7 Å². The third-order valence-corrected chi connectivity index (χ3v) is 7.01. The molecule has 4 rings (SSSR count). The van der Waals surface area contributed by atoms with Crippen LogP contribution in [0.1, 0.15) is 50.8 Å². The summed E-state index contributed by atoms with van der Waals surface area (Å²) in [7, 11) is 0. The first-order valence-corrected chi connectivity index (χ1v) is 12.1. The second kappa shape index (κ2) is 9.59. The molecule has 2 aromatic rings. The summed E-state index contributed by atoms with van der Waals surface area (Å²) in [5.74, 6) is 0.843. The standard InChI is InChI=1S/C26H32F3N3O3/c1-5-8-21(31-24(33)34-18(4)26(27,28)29)17(3)32-14-13-25(15-32)12-11-20-19-9-6-7-10-22(19)30-16(2)23(20)35-25/h6-7,9-10,18,21H,3,5,8,11-15H2,1-2,4H3,(H,31,33). The SMILES string of the molecule is C=C(C(CCC)NC(=O)OC(C)C(F)(F)F)N1CCC2(CCc3c(c(C)nc4ccccc34)O2)C1. The van der Waals surface area contributed by atoms with Crippen LogP contribution in [0.25, 0.3) is 10.9 Å². The zero-order valence-corrected chi connectivity index (χ0v) is 20.4. The van der Waals surface area contributed by atoms with Gasteiger partial charge >= 0.3 is 12.3 Å². The summed E-state index contributed by atoms with van der Waals surface area (Å²) in [6, 6.07) is 7.55. The number of carbonyl (C=O) groups excluding carboxylic acids is 1. The molecule has 3 heterocycles. The molecular weight excluding hydrogens is 459 g/mol. The predicted molar refractivity (Wildman–Crippen MR) is 127 cm³/mol. The van der Waals surface area contributed by atoms with Crippen molar-refractivity contribution < 1.29 is 27.4 Å². The number of nitrogens with one attached hydrogen (secondary N) is 1. The van der Waals surface area contributed by atoms with Gasteiger partial charge in [-0.1, -0.05) is 38.1 Å². The Kier molecular flexibility index (Phi) is 6.88. The Morgan fingerprint density at radius 2 is 2.09 bits per heavy atom. The van der Waals surface area contributed by atoms with Crippen molar-refractivity contribution in [1.82, 2.24) is 15.2 Å². The van der Waals surface area contributed by atoms with E-state index in [-0.39, 0.29) is 0 Å². The zero-order chi connectivity index (χ0) is 25.4. The van der Waals surface area contributed by atoms with Gasteiger partial charge < -0.3 is 19.7 Å². The van der Waals surface area contributed by atoms with Crippen LogP contribution in [0.4, 0.5) is 18.0 Å². The Bertz CT molecular complexity index is 1120. The van der Waals surface area contributed by atoms with Crippen molar-refractivity contribution in [2.24, 2.45) is 0 Å². The van der Waals surface area contributed by atoms with Crippen LogP contribution in [0, 0.1) is 6.92 Å². The van der Waals surface area contributed by atoms with Gasteiger partial charge in [0.2, 0.25) is 0 Å². The van der Waals surface area contributed by atoms with Gasteiger partial charge in [0.15, 0.2) is 6.10 Å². The lowest BCUT2D eigenvalue weighted by molar-refractivity contribution is -0.197. The third kappa shape index (κ3) is 5.18. The molecule has 1 aromatic heterocycles. The quantitative estimate of drug-likeness (QED) is 0.564. The maximum atomic E-state index is 12.8. The number of benzene rings is 1. The van der Waals surface area contributed by atoms with Crippen molar-refractivity contribution in [1.29, 1.82) is 0 Å². The molecule has 3 atom stereocenters. The Labute approximate surface area is 203 Å². The fraction of sp³-hybridized carbons (Fsp3) is 0.538. The maximum Gasteiger partial charge on any atom is 0.425 e. The monoisotopic (exact) mass is 491 g/mol. The number of likely N-dealkylation sites (tertiary alicyclic amines) is 1. The van der Waals surface area contributed by atoms with Crippen molar-refractivity contribution in [3.63, 3.8) is 0 Å². The molecule has 35 heavy (non-hydrogen) atoms. The highest BCUT2D eigenvalue weighted by atomic mass is 19.4. The van der Waals surface area contributed by atoms with E-state index in [0.29, 0.717) is 25.2 Å². The number of ether oxygens (including phenoxy) is 2. The fourth-order valence-electron chi connectivity index (χ4n) is 5.01. The molecule has 2 aliphatic rings. The molecule has 1 amide bonds. The van der Waals surface area contributed by atoms with Gasteiger partial charge in [0.25, 0.3) is 0 Å². The number of amides is 1. The molecule has 1 N–H and O–H groups in total. The molecule has 1 aromatic carbocycles. The number of aryl methyl sites for hydroxylation is 2. The average molecular weight is 492 g/mol. The molecule has 190 valence electrons. The number of alkyl carbamates (subject to hydrolysis) is 1. The second-order valence-electron chi connectivity index (χ2n) is 9.54. The number of fused-ring (bicyclic) bond motifs is 3. The fourth-order valence-corrected chi connectivity index (χ4v) is 5.01. The van der Waals surface area contributed by atoms with Crippen molar-refractivity contribution in [2.45, 2.75) is 76.8 Å². The number of pyridine rings is 1. The third-order valence-electron chi connectivity index (χ3n) is 7.01. The highest BCUT2D eigenvalue weighted by Gasteiger charge is 2.45. The van der Waals surface area contributed by atoms with E-state index in [1.54, 1.807) is 0 Å². The Balaban J connectivity index is 1.46. The number of alkyl halides is 3. The molecule has 0 bridgehead atoms. The van der Waals surface area contributed by atoms with Gasteiger partial charge in [0.1, 0.15) is 11.4 Å². The highest BCUT2D eigenvalue weighted by Crippen LogP contribution is 2.43. The van der Waals surface area contributed by atoms with E-state index in [2.05, 4.69) is 27.6 Å². The lowest BCUT2D eigenvalue weighted by Gasteiger charge is -2.37. The van der Waals surface area contributed by atoms with Gasteiger partial charge in [-0.15, -0.1) is 0 Å². The Hall–Kier alpha value is -2.97. The van der Waals surface area contributed by atoms with E-state index < -0.39 is 30.0 Å². The molecular formula is C26H32F3N3O3. The summed E-state index contributed by atoms with van der Waals surface area (Å²) < 4.78 is 49.5. The van der Waals surface area contributed by atoms with Crippen LogP contribution >= 0.6 is 0 Å². The summed E-state index contributed by atoms with van der Waals surface area (Å²) >= 11 is 0. The predicted octanol–water partition coefficient (Wildman–Crippen LogP) is 5.67. The molecule has 1 spiro atoms. The summed E-state index contributed by atoms with van der Waals surface area (Å²) in [4.78, 5) is 19.0. The summed E-state index contributed by atoms with van der Waals surface area (Å²) in [5, 5.41) is 3.69. The van der Waals surface area contributed by atoms with E-state index in [1.165, 1.54) is 5.56 Å². The van der Waals surface area contributed by atoms with E-state index in [4.69, 9.17) is 9.72 Å². The number of halogens is 3. The molecule has 1 saturated heterocycles. The first-order valence-electron chi connectivity index (χ1n) is 12.1. The molecule has 1 fully saturated rings. The lowest BCUT2D eigenvalue weighted by Crippen LogP contribution is -2.46. The highest BCUT2D eigenvalue weighted by molar-refractivity contribution is 5.85. The minimum absolute atomic E-state index is 0.396. The zero-order valence-electron chi connectivity index (χ0n) is 20.4. The average Bonchev–Trinajstić information content (AvgIpc) is 3.21. The molecule has 0 aliphatic carbocycles. The number of carbonyl (C=O) groups is 1. The smallest absolute Gasteiger partial charge is 0.425 e. The van der Waals surface area contributed by atoms with Gasteiger partial charge in [0.05, 0.1) is 23.8 Å². The van der Waals surface area contributed by atoms with Gasteiger partial charge in [-0.25, -0.2) is 9.78 Å². The van der Waals surface area contributed by atoms with E-state index >= 15 is 0 Å². The van der Waals surface area contributed by atoms with E-state index in [9.17, 15) is 18.0 Å². The van der Waals surface area contributed by atoms with Gasteiger partial charge in [-0.2, -0.15) is 13.2 Å². The number of aromatic nitrogens is 1. The van der Waals surface area contributed by atoms with Crippen LogP contribution in [0.5, 0.6) is 5.75 Å². The van der Waals surface area contributed by atoms with Crippen LogP contribution in [0.15, 0.2) is 36.5 Å². The second-order valence-corrected chi connectivity index (χ2v) is 9.54. The maximum absolute atomic E-state index is 12.8. The number of nitrogens with zero attached hydrogens (tertiary/aromatic N) is 2. The Morgan fingerprint density at radius 3 is 2.80 bits per heavy atom. The molecule has 3 unspecified atom stereocenters. The van der Waals surface area contributed by atoms with Crippen LogP contribution in [-0.4, -0.2) is 53.0 Å². The first kappa shape index (κ1) is 25.1. The number of para-hydroxylation sites is 1. The van der Waals surface area contributed by atoms with Crippen LogP contribution in [-0.2, 0) is 11.2 Å². The number of rotatable bonds is 6. The minimum Gasteiger partial charge on any atom is -0.483 e. The largest absolute Gasteiger partial charge is 0.483 e. The molecule has 2 aliphatic heterocycles. The van der Waals surface area contributed by atoms with Crippen LogP contribution < -0.4 is 10.1 Å².